The average Bonchev–Trinajstić information content (AvgIpc) is 2.35. The molecular formula is C13H20FN3O. The third-order valence-electron chi connectivity index (χ3n) is 3.00. The van der Waals surface area contributed by atoms with E-state index in [1.165, 1.54) is 17.2 Å². The van der Waals surface area contributed by atoms with Crippen LogP contribution in [-0.2, 0) is 0 Å². The molecule has 1 heterocycles. The number of rotatable bonds is 5. The van der Waals surface area contributed by atoms with Gasteiger partial charge in [0.1, 0.15) is 0 Å². The maximum absolute atomic E-state index is 13.4. The number of carbonyl (C=O) groups is 1. The molecule has 0 spiro atoms. The molecule has 4 nitrogen and oxygen atoms in total. The number of nitrogens with zero attached hydrogens (tertiary/aromatic N) is 2. The minimum atomic E-state index is -0.595. The molecule has 0 aromatic carbocycles. The first-order chi connectivity index (χ1) is 8.43. The van der Waals surface area contributed by atoms with E-state index in [0.29, 0.717) is 18.9 Å². The van der Waals surface area contributed by atoms with E-state index in [9.17, 15) is 9.18 Å². The minimum Gasteiger partial charge on any atom is -0.342 e. The third-order valence-corrected chi connectivity index (χ3v) is 3.00. The Morgan fingerprint density at radius 3 is 2.78 bits per heavy atom. The lowest BCUT2D eigenvalue weighted by Gasteiger charge is -2.21. The molecule has 5 heteroatoms. The van der Waals surface area contributed by atoms with Gasteiger partial charge in [-0.2, -0.15) is 0 Å². The molecule has 1 aromatic rings. The molecule has 100 valence electrons. The predicted octanol–water partition coefficient (Wildman–Crippen LogP) is 1.67. The number of hydrogen-bond donors (Lipinski definition) is 1. The van der Waals surface area contributed by atoms with Crippen LogP contribution >= 0.6 is 0 Å². The molecule has 0 radical (unpaired) electrons. The van der Waals surface area contributed by atoms with Gasteiger partial charge in [-0.3, -0.25) is 9.78 Å². The van der Waals surface area contributed by atoms with E-state index in [-0.39, 0.29) is 17.5 Å². The molecule has 1 atom stereocenters. The molecule has 0 aliphatic rings. The number of amides is 1. The molecule has 0 bridgehead atoms. The lowest BCUT2D eigenvalue weighted by Crippen LogP contribution is -2.35. The second-order valence-electron chi connectivity index (χ2n) is 4.78. The molecule has 18 heavy (non-hydrogen) atoms. The Morgan fingerprint density at radius 2 is 2.22 bits per heavy atom. The van der Waals surface area contributed by atoms with E-state index < -0.39 is 5.82 Å². The monoisotopic (exact) mass is 253 g/mol. The second-order valence-corrected chi connectivity index (χ2v) is 4.78. The van der Waals surface area contributed by atoms with Crippen LogP contribution in [-0.4, -0.2) is 35.4 Å². The highest BCUT2D eigenvalue weighted by atomic mass is 19.1. The highest BCUT2D eigenvalue weighted by Gasteiger charge is 2.17. The Labute approximate surface area is 107 Å². The van der Waals surface area contributed by atoms with Crippen molar-refractivity contribution < 1.29 is 9.18 Å². The first-order valence-corrected chi connectivity index (χ1v) is 6.04. The number of hydrogen-bond acceptors (Lipinski definition) is 3. The van der Waals surface area contributed by atoms with Gasteiger partial charge in [0.05, 0.1) is 11.8 Å². The van der Waals surface area contributed by atoms with Gasteiger partial charge >= 0.3 is 0 Å². The van der Waals surface area contributed by atoms with Gasteiger partial charge in [0.25, 0.3) is 5.91 Å². The van der Waals surface area contributed by atoms with Crippen molar-refractivity contribution in [3.8, 4) is 0 Å². The summed E-state index contributed by atoms with van der Waals surface area (Å²) in [4.78, 5) is 17.1. The van der Waals surface area contributed by atoms with Crippen LogP contribution in [0.1, 0.15) is 30.6 Å². The van der Waals surface area contributed by atoms with Crippen LogP contribution in [0.2, 0.25) is 0 Å². The van der Waals surface area contributed by atoms with E-state index in [4.69, 9.17) is 5.73 Å². The van der Waals surface area contributed by atoms with Crippen molar-refractivity contribution in [3.63, 3.8) is 0 Å². The summed E-state index contributed by atoms with van der Waals surface area (Å²) in [6.45, 7) is 4.59. The van der Waals surface area contributed by atoms with Crippen LogP contribution in [0.5, 0.6) is 0 Å². The average molecular weight is 253 g/mol. The molecule has 0 saturated carbocycles. The van der Waals surface area contributed by atoms with Crippen molar-refractivity contribution in [3.05, 3.63) is 29.8 Å². The lowest BCUT2D eigenvalue weighted by molar-refractivity contribution is 0.0784. The minimum absolute atomic E-state index is 0.0440. The largest absolute Gasteiger partial charge is 0.342 e. The van der Waals surface area contributed by atoms with Crippen LogP contribution in [0, 0.1) is 11.7 Å². The van der Waals surface area contributed by atoms with Crippen molar-refractivity contribution in [2.75, 3.05) is 13.6 Å². The fraction of sp³-hybridized carbons (Fsp3) is 0.538. The zero-order valence-electron chi connectivity index (χ0n) is 11.1. The second kappa shape index (κ2) is 6.44. The van der Waals surface area contributed by atoms with E-state index >= 15 is 0 Å². The molecule has 1 unspecified atom stereocenters. The van der Waals surface area contributed by atoms with Gasteiger partial charge in [0.15, 0.2) is 5.82 Å². The first kappa shape index (κ1) is 14.6. The standard InChI is InChI=1S/C13H20FN3O/c1-9(2)12(15)5-7-17(3)13(18)10-4-6-16-8-11(10)14/h4,6,8-9,12H,5,7,15H2,1-3H3. The maximum Gasteiger partial charge on any atom is 0.256 e. The maximum atomic E-state index is 13.4. The van der Waals surface area contributed by atoms with Crippen molar-refractivity contribution in [2.45, 2.75) is 26.3 Å². The highest BCUT2D eigenvalue weighted by Crippen LogP contribution is 2.09. The van der Waals surface area contributed by atoms with Crippen LogP contribution < -0.4 is 5.73 Å². The van der Waals surface area contributed by atoms with Gasteiger partial charge in [-0.1, -0.05) is 13.8 Å². The molecule has 2 N–H and O–H groups in total. The normalized spacial score (nSPS) is 12.6. The topological polar surface area (TPSA) is 59.2 Å². The number of nitrogens with two attached hydrogens (primary N) is 1. The Morgan fingerprint density at radius 1 is 1.56 bits per heavy atom. The molecule has 0 fully saturated rings. The van der Waals surface area contributed by atoms with Gasteiger partial charge in [-0.05, 0) is 18.4 Å². The van der Waals surface area contributed by atoms with Crippen LogP contribution in [0.3, 0.4) is 0 Å². The zero-order valence-corrected chi connectivity index (χ0v) is 11.1. The number of aromatic nitrogens is 1. The Hall–Kier alpha value is -1.49. The predicted molar refractivity (Wildman–Crippen MR) is 68.6 cm³/mol. The summed E-state index contributed by atoms with van der Waals surface area (Å²) in [5.74, 6) is -0.570. The first-order valence-electron chi connectivity index (χ1n) is 6.04. The molecule has 0 aliphatic heterocycles. The van der Waals surface area contributed by atoms with Gasteiger partial charge in [-0.15, -0.1) is 0 Å². The van der Waals surface area contributed by atoms with Gasteiger partial charge in [0.2, 0.25) is 0 Å². The lowest BCUT2D eigenvalue weighted by atomic mass is 10.0. The van der Waals surface area contributed by atoms with Gasteiger partial charge in [0, 0.05) is 25.8 Å². The fourth-order valence-corrected chi connectivity index (χ4v) is 1.53. The summed E-state index contributed by atoms with van der Waals surface area (Å²) in [5, 5.41) is 0. The third kappa shape index (κ3) is 3.77. The van der Waals surface area contributed by atoms with Gasteiger partial charge in [-0.25, -0.2) is 4.39 Å². The van der Waals surface area contributed by atoms with E-state index in [0.717, 1.165) is 6.20 Å². The van der Waals surface area contributed by atoms with Crippen LogP contribution in [0.4, 0.5) is 4.39 Å². The molecule has 1 rings (SSSR count). The number of halogens is 1. The summed E-state index contributed by atoms with van der Waals surface area (Å²) in [6, 6.07) is 1.43. The van der Waals surface area contributed by atoms with E-state index in [2.05, 4.69) is 4.98 Å². The summed E-state index contributed by atoms with van der Waals surface area (Å²) in [7, 11) is 1.65. The Balaban J connectivity index is 2.60. The SMILES string of the molecule is CC(C)C(N)CCN(C)C(=O)c1ccncc1F. The van der Waals surface area contributed by atoms with Crippen LogP contribution in [0.15, 0.2) is 18.5 Å². The van der Waals surface area contributed by atoms with Crippen LogP contribution in [0.25, 0.3) is 0 Å². The van der Waals surface area contributed by atoms with E-state index in [1.54, 1.807) is 7.05 Å². The summed E-state index contributed by atoms with van der Waals surface area (Å²) >= 11 is 0. The van der Waals surface area contributed by atoms with Gasteiger partial charge < -0.3 is 10.6 Å². The van der Waals surface area contributed by atoms with Crippen molar-refractivity contribution >= 4 is 5.91 Å². The van der Waals surface area contributed by atoms with Crippen molar-refractivity contribution in [1.82, 2.24) is 9.88 Å². The summed E-state index contributed by atoms with van der Waals surface area (Å²) in [6.07, 6.45) is 3.15. The number of pyridine rings is 1. The molecule has 1 aromatic heterocycles. The summed E-state index contributed by atoms with van der Waals surface area (Å²) in [5.41, 5.74) is 5.96. The highest BCUT2D eigenvalue weighted by molar-refractivity contribution is 5.94. The van der Waals surface area contributed by atoms with Crippen molar-refractivity contribution in [1.29, 1.82) is 0 Å². The molecule has 0 saturated heterocycles. The smallest absolute Gasteiger partial charge is 0.256 e. The molecule has 0 aliphatic carbocycles. The quantitative estimate of drug-likeness (QED) is 0.868. The number of carbonyl (C=O) groups excluding carboxylic acids is 1. The zero-order chi connectivity index (χ0) is 13.7. The molecule has 1 amide bonds. The van der Waals surface area contributed by atoms with Crippen molar-refractivity contribution in [2.24, 2.45) is 11.7 Å². The summed E-state index contributed by atoms with van der Waals surface area (Å²) < 4.78 is 13.4. The fourth-order valence-electron chi connectivity index (χ4n) is 1.53. The Bertz CT molecular complexity index is 409. The Kier molecular flexibility index (Phi) is 5.22. The molecular weight excluding hydrogens is 233 g/mol. The van der Waals surface area contributed by atoms with E-state index in [1.807, 2.05) is 13.8 Å².